The van der Waals surface area contributed by atoms with Crippen molar-refractivity contribution in [1.82, 2.24) is 19.9 Å². The van der Waals surface area contributed by atoms with E-state index in [4.69, 9.17) is 29.8 Å². The summed E-state index contributed by atoms with van der Waals surface area (Å²) in [5.41, 5.74) is 5.00. The van der Waals surface area contributed by atoms with E-state index in [-0.39, 0.29) is 37.1 Å². The van der Waals surface area contributed by atoms with Crippen molar-refractivity contribution in [2.24, 2.45) is 11.7 Å². The van der Waals surface area contributed by atoms with Gasteiger partial charge in [-0.25, -0.2) is 22.6 Å². The lowest BCUT2D eigenvalue weighted by atomic mass is 10.1. The largest absolute Gasteiger partial charge is 0.494 e. The molecule has 1 aromatic heterocycles. The predicted molar refractivity (Wildman–Crippen MR) is 191 cm³/mol. The van der Waals surface area contributed by atoms with Crippen LogP contribution in [0.3, 0.4) is 0 Å². The van der Waals surface area contributed by atoms with Gasteiger partial charge in [-0.05, 0) is 76.0 Å². The summed E-state index contributed by atoms with van der Waals surface area (Å²) in [7, 11) is -2.62. The summed E-state index contributed by atoms with van der Waals surface area (Å²) in [4.78, 5) is 56.5. The number of aliphatic carboxylic acids is 1. The topological polar surface area (TPSA) is 217 Å². The first kappa shape index (κ1) is 42.6. The van der Waals surface area contributed by atoms with E-state index in [0.717, 1.165) is 0 Å². The molecule has 56 heavy (non-hydrogen) atoms. The number of carboxylic acids is 1. The van der Waals surface area contributed by atoms with Crippen LogP contribution in [0.15, 0.2) is 36.5 Å². The number of benzene rings is 1. The minimum absolute atomic E-state index is 0.00360. The van der Waals surface area contributed by atoms with Gasteiger partial charge in [-0.1, -0.05) is 19.1 Å². The Morgan fingerprint density at radius 3 is 2.52 bits per heavy atom. The van der Waals surface area contributed by atoms with E-state index < -0.39 is 86.2 Å². The highest BCUT2D eigenvalue weighted by Gasteiger charge is 2.63. The van der Waals surface area contributed by atoms with E-state index >= 15 is 0 Å². The Hall–Kier alpha value is -4.56. The van der Waals surface area contributed by atoms with E-state index in [1.165, 1.54) is 30.3 Å². The maximum absolute atomic E-state index is 14.7. The van der Waals surface area contributed by atoms with Crippen LogP contribution in [0.1, 0.15) is 65.7 Å². The van der Waals surface area contributed by atoms with Gasteiger partial charge >= 0.3 is 12.1 Å². The number of nitrogens with one attached hydrogen (secondary N) is 2. The molecule has 15 nitrogen and oxygen atoms in total. The number of hydrogen-bond donors (Lipinski definition) is 4. The van der Waals surface area contributed by atoms with E-state index in [1.807, 2.05) is 26.0 Å². The van der Waals surface area contributed by atoms with Gasteiger partial charge in [-0.15, -0.1) is 0 Å². The summed E-state index contributed by atoms with van der Waals surface area (Å²) in [5, 5.41) is 10.9. The van der Waals surface area contributed by atoms with Crippen molar-refractivity contribution < 1.29 is 64.5 Å². The zero-order chi connectivity index (χ0) is 41.4. The van der Waals surface area contributed by atoms with Crippen LogP contribution >= 0.6 is 0 Å². The molecule has 2 saturated carbocycles. The first-order chi connectivity index (χ1) is 26.2. The Kier molecular flexibility index (Phi) is 12.3. The molecule has 2 aromatic rings. The molecule has 1 aromatic carbocycles. The summed E-state index contributed by atoms with van der Waals surface area (Å²) in [6.07, 6.45) is 1.24. The molecule has 3 heterocycles. The second kappa shape index (κ2) is 16.1. The molecule has 308 valence electrons. The number of sulfonamides is 1. The van der Waals surface area contributed by atoms with Crippen LogP contribution < -0.4 is 25.2 Å². The van der Waals surface area contributed by atoms with Gasteiger partial charge in [-0.2, -0.15) is 13.2 Å². The summed E-state index contributed by atoms with van der Waals surface area (Å²) >= 11 is 0. The number of alkyl halides is 3. The number of methoxy groups -OCH3 is 1. The van der Waals surface area contributed by atoms with E-state index in [2.05, 4.69) is 15.0 Å². The number of amides is 3. The minimum Gasteiger partial charge on any atom is -0.494 e. The standard InChI is InChI=1S/C34H44FN5O8S.C2HF3O2/c1-5-26-28(36)31(42)40-18-22(48-30-23-16-24(35)27(46-4)14-20(23)10-13-37-30)15-25(40)29(41)38-34(17-21(34)9-7-6-8-19(2)47-26)32(43)39-49(44,45)33(3)11-12-33;3-2(4,5)1(6)7/h7,9-10,13-14,16,19,21-22,25-26,28H,5-6,8,11-12,15,17-18,36H2,1-4H3,(H,38,41)(H,39,43);(H,6,7)/t19-,21-,22-,25+,26+,28+,34-;/m1./s1. The van der Waals surface area contributed by atoms with Crippen LogP contribution in [0, 0.1) is 11.7 Å². The molecule has 4 aliphatic rings. The molecule has 6 rings (SSSR count). The Morgan fingerprint density at radius 1 is 1.23 bits per heavy atom. The number of rotatable bonds is 7. The Balaban J connectivity index is 0.000000784. The summed E-state index contributed by atoms with van der Waals surface area (Å²) in [6.45, 7) is 5.29. The number of pyridine rings is 1. The lowest BCUT2D eigenvalue weighted by Gasteiger charge is -2.32. The lowest BCUT2D eigenvalue weighted by molar-refractivity contribution is -0.192. The fourth-order valence-corrected chi connectivity index (χ4v) is 8.05. The van der Waals surface area contributed by atoms with E-state index in [9.17, 15) is 40.4 Å². The fraction of sp³-hybridized carbons (Fsp3) is 0.583. The number of nitrogens with two attached hydrogens (primary N) is 1. The van der Waals surface area contributed by atoms with Gasteiger partial charge in [0.25, 0.3) is 5.91 Å². The van der Waals surface area contributed by atoms with Crippen molar-refractivity contribution in [2.75, 3.05) is 13.7 Å². The molecule has 0 spiro atoms. The molecule has 2 aliphatic heterocycles. The van der Waals surface area contributed by atoms with Crippen LogP contribution in [-0.2, 0) is 33.9 Å². The second-order valence-electron chi connectivity index (χ2n) is 14.7. The molecule has 3 amide bonds. The third kappa shape index (κ3) is 9.01. The van der Waals surface area contributed by atoms with Crippen LogP contribution in [0.5, 0.6) is 11.6 Å². The number of aromatic nitrogens is 1. The molecule has 20 heteroatoms. The first-order valence-electron chi connectivity index (χ1n) is 18.0. The molecule has 3 fully saturated rings. The Labute approximate surface area is 320 Å². The summed E-state index contributed by atoms with van der Waals surface area (Å²) in [6, 6.07) is 2.23. The number of carboxylic acid groups (broad SMARTS) is 1. The smallest absolute Gasteiger partial charge is 0.490 e. The molecule has 0 radical (unpaired) electrons. The Morgan fingerprint density at radius 2 is 1.91 bits per heavy atom. The van der Waals surface area contributed by atoms with E-state index in [1.54, 1.807) is 13.0 Å². The fourth-order valence-electron chi connectivity index (χ4n) is 6.74. The summed E-state index contributed by atoms with van der Waals surface area (Å²) < 4.78 is 91.3. The average Bonchev–Trinajstić information content (AvgIpc) is 4.01. The molecular weight excluding hydrogens is 770 g/mol. The molecule has 0 unspecified atom stereocenters. The highest BCUT2D eigenvalue weighted by atomic mass is 32.2. The van der Waals surface area contributed by atoms with Crippen LogP contribution in [0.2, 0.25) is 0 Å². The van der Waals surface area contributed by atoms with Crippen LogP contribution in [0.25, 0.3) is 10.8 Å². The van der Waals surface area contributed by atoms with Gasteiger partial charge < -0.3 is 35.3 Å². The van der Waals surface area contributed by atoms with Crippen molar-refractivity contribution in [3.8, 4) is 11.6 Å². The van der Waals surface area contributed by atoms with Gasteiger partial charge in [0.2, 0.25) is 27.7 Å². The van der Waals surface area contributed by atoms with E-state index in [0.29, 0.717) is 42.9 Å². The highest BCUT2D eigenvalue weighted by Crippen LogP contribution is 2.47. The molecule has 1 saturated heterocycles. The van der Waals surface area contributed by atoms with Gasteiger partial charge in [-0.3, -0.25) is 19.1 Å². The highest BCUT2D eigenvalue weighted by molar-refractivity contribution is 7.91. The third-order valence-electron chi connectivity index (χ3n) is 10.6. The van der Waals surface area contributed by atoms with Crippen molar-refractivity contribution >= 4 is 44.5 Å². The van der Waals surface area contributed by atoms with Gasteiger partial charge in [0.1, 0.15) is 23.7 Å². The van der Waals surface area contributed by atoms with Gasteiger partial charge in [0.05, 0.1) is 30.6 Å². The monoisotopic (exact) mass is 815 g/mol. The average molecular weight is 816 g/mol. The quantitative estimate of drug-likeness (QED) is 0.234. The zero-order valence-corrected chi connectivity index (χ0v) is 31.9. The molecule has 5 N–H and O–H groups in total. The Bertz CT molecular complexity index is 2000. The maximum Gasteiger partial charge on any atom is 0.490 e. The van der Waals surface area contributed by atoms with Crippen molar-refractivity contribution in [2.45, 2.75) is 113 Å². The molecule has 7 atom stereocenters. The normalized spacial score (nSPS) is 29.0. The van der Waals surface area contributed by atoms with Crippen LogP contribution in [0.4, 0.5) is 17.6 Å². The number of hydrogen-bond acceptors (Lipinski definition) is 11. The van der Waals surface area contributed by atoms with Crippen molar-refractivity contribution in [3.05, 3.63) is 42.4 Å². The second-order valence-corrected chi connectivity index (χ2v) is 16.9. The van der Waals surface area contributed by atoms with Gasteiger partial charge in [0.15, 0.2) is 11.6 Å². The number of allylic oxidation sites excluding steroid dienone is 1. The predicted octanol–water partition coefficient (Wildman–Crippen LogP) is 3.10. The molecule has 2 aliphatic carbocycles. The number of halogens is 4. The number of nitrogens with zero attached hydrogens (tertiary/aromatic N) is 2. The van der Waals surface area contributed by atoms with Crippen LogP contribution in [-0.4, -0.2) is 108 Å². The lowest BCUT2D eigenvalue weighted by Crippen LogP contribution is -2.59. The molecular formula is C36H45F4N5O10S. The number of carbonyl (C=O) groups is 4. The minimum atomic E-state index is -5.08. The van der Waals surface area contributed by atoms with Crippen molar-refractivity contribution in [3.63, 3.8) is 0 Å². The number of carbonyl (C=O) groups excluding carboxylic acids is 3. The van der Waals surface area contributed by atoms with Crippen molar-refractivity contribution in [1.29, 1.82) is 0 Å². The number of fused-ring (bicyclic) bond motifs is 3. The molecule has 0 bridgehead atoms. The third-order valence-corrected chi connectivity index (χ3v) is 12.7. The first-order valence-corrected chi connectivity index (χ1v) is 19.5. The number of ether oxygens (including phenoxy) is 3. The maximum atomic E-state index is 14.7. The van der Waals surface area contributed by atoms with Gasteiger partial charge in [0, 0.05) is 23.9 Å². The SMILES string of the molecule is CC[C@@H]1O[C@H](C)CCC=C[C@@H]2C[C@@]2(C(=O)NS(=O)(=O)C2(C)CC2)NC(=O)[C@@H]2C[C@@H](Oc3nccc4cc(OC)c(F)cc34)CN2C(=O)[C@H]1N.O=C(O)C(F)(F)F. The zero-order valence-electron chi connectivity index (χ0n) is 31.1. The summed E-state index contributed by atoms with van der Waals surface area (Å²) in [5.74, 6) is -5.66.